The molecule has 0 saturated heterocycles. The molecule has 4 heteroatoms. The molecular formula is C11H19N3S. The van der Waals surface area contributed by atoms with Crippen LogP contribution >= 0.6 is 11.8 Å². The van der Waals surface area contributed by atoms with E-state index in [0.29, 0.717) is 5.95 Å². The second-order valence-electron chi connectivity index (χ2n) is 3.76. The third-order valence-electron chi connectivity index (χ3n) is 2.35. The van der Waals surface area contributed by atoms with E-state index in [1.54, 1.807) is 0 Å². The normalized spacial score (nSPS) is 12.5. The molecule has 1 aromatic heterocycles. The van der Waals surface area contributed by atoms with E-state index in [1.165, 1.54) is 6.42 Å². The van der Waals surface area contributed by atoms with Crippen molar-refractivity contribution in [2.75, 3.05) is 18.1 Å². The molecule has 0 radical (unpaired) electrons. The van der Waals surface area contributed by atoms with Crippen LogP contribution in [0.15, 0.2) is 11.2 Å². The molecule has 0 fully saturated rings. The highest BCUT2D eigenvalue weighted by atomic mass is 32.2. The van der Waals surface area contributed by atoms with Crippen LogP contribution in [-0.2, 0) is 0 Å². The predicted molar refractivity (Wildman–Crippen MR) is 66.5 cm³/mol. The van der Waals surface area contributed by atoms with Crippen molar-refractivity contribution in [3.05, 3.63) is 11.8 Å². The Labute approximate surface area is 96.1 Å². The lowest BCUT2D eigenvalue weighted by atomic mass is 10.2. The fourth-order valence-corrected chi connectivity index (χ4v) is 2.14. The standard InChI is InChI=1S/C11H19N3S/c1-5-8(2)7-15-10-9(3)6-13-11(12-4)14-10/h6,8H,5,7H2,1-4H3,(H,12,13,14). The Morgan fingerprint density at radius 3 is 2.87 bits per heavy atom. The smallest absolute Gasteiger partial charge is 0.223 e. The Hall–Kier alpha value is -0.770. The molecule has 0 aromatic carbocycles. The average molecular weight is 225 g/mol. The van der Waals surface area contributed by atoms with Crippen LogP contribution in [0.5, 0.6) is 0 Å². The van der Waals surface area contributed by atoms with Crippen LogP contribution < -0.4 is 5.32 Å². The lowest BCUT2D eigenvalue weighted by Gasteiger charge is -2.09. The van der Waals surface area contributed by atoms with E-state index in [9.17, 15) is 0 Å². The fraction of sp³-hybridized carbons (Fsp3) is 0.636. The van der Waals surface area contributed by atoms with Crippen LogP contribution in [0.3, 0.4) is 0 Å². The summed E-state index contributed by atoms with van der Waals surface area (Å²) in [4.78, 5) is 8.61. The lowest BCUT2D eigenvalue weighted by molar-refractivity contribution is 0.636. The van der Waals surface area contributed by atoms with Gasteiger partial charge in [0.15, 0.2) is 0 Å². The Bertz CT molecular complexity index is 315. The van der Waals surface area contributed by atoms with Gasteiger partial charge in [0.25, 0.3) is 0 Å². The number of hydrogen-bond donors (Lipinski definition) is 1. The summed E-state index contributed by atoms with van der Waals surface area (Å²) in [6.07, 6.45) is 3.09. The number of aromatic nitrogens is 2. The minimum Gasteiger partial charge on any atom is -0.357 e. The molecule has 0 aliphatic heterocycles. The van der Waals surface area contributed by atoms with Gasteiger partial charge in [0, 0.05) is 19.0 Å². The summed E-state index contributed by atoms with van der Waals surface area (Å²) < 4.78 is 0. The molecule has 15 heavy (non-hydrogen) atoms. The lowest BCUT2D eigenvalue weighted by Crippen LogP contribution is -2.01. The summed E-state index contributed by atoms with van der Waals surface area (Å²) in [7, 11) is 1.84. The van der Waals surface area contributed by atoms with Crippen LogP contribution in [0, 0.1) is 12.8 Å². The number of anilines is 1. The van der Waals surface area contributed by atoms with Crippen molar-refractivity contribution in [1.29, 1.82) is 0 Å². The van der Waals surface area contributed by atoms with Gasteiger partial charge < -0.3 is 5.32 Å². The summed E-state index contributed by atoms with van der Waals surface area (Å²) in [5, 5.41) is 4.05. The molecule has 0 spiro atoms. The van der Waals surface area contributed by atoms with Crippen molar-refractivity contribution in [2.45, 2.75) is 32.2 Å². The number of hydrogen-bond acceptors (Lipinski definition) is 4. The zero-order valence-corrected chi connectivity index (χ0v) is 10.7. The maximum absolute atomic E-state index is 4.44. The van der Waals surface area contributed by atoms with Crippen LogP contribution in [0.4, 0.5) is 5.95 Å². The molecule has 1 unspecified atom stereocenters. The molecular weight excluding hydrogens is 206 g/mol. The second kappa shape index (κ2) is 5.95. The fourth-order valence-electron chi connectivity index (χ4n) is 1.03. The molecule has 0 aliphatic rings. The molecule has 0 saturated carbocycles. The summed E-state index contributed by atoms with van der Waals surface area (Å²) >= 11 is 1.82. The first-order valence-corrected chi connectivity index (χ1v) is 6.30. The van der Waals surface area contributed by atoms with Gasteiger partial charge in [-0.15, -0.1) is 11.8 Å². The first-order chi connectivity index (χ1) is 7.17. The van der Waals surface area contributed by atoms with Gasteiger partial charge in [-0.3, -0.25) is 0 Å². The third-order valence-corrected chi connectivity index (χ3v) is 3.77. The third kappa shape index (κ3) is 3.70. The average Bonchev–Trinajstić information content (AvgIpc) is 2.27. The molecule has 3 nitrogen and oxygen atoms in total. The van der Waals surface area contributed by atoms with Crippen molar-refractivity contribution < 1.29 is 0 Å². The summed E-state index contributed by atoms with van der Waals surface area (Å²) in [5.41, 5.74) is 1.15. The van der Waals surface area contributed by atoms with Crippen molar-refractivity contribution in [3.63, 3.8) is 0 Å². The highest BCUT2D eigenvalue weighted by Crippen LogP contribution is 2.23. The summed E-state index contributed by atoms with van der Waals surface area (Å²) in [5.74, 6) is 2.56. The van der Waals surface area contributed by atoms with E-state index < -0.39 is 0 Å². The molecule has 0 aliphatic carbocycles. The maximum atomic E-state index is 4.44. The number of rotatable bonds is 5. The van der Waals surface area contributed by atoms with Crippen LogP contribution in [0.25, 0.3) is 0 Å². The Morgan fingerprint density at radius 2 is 2.27 bits per heavy atom. The largest absolute Gasteiger partial charge is 0.357 e. The second-order valence-corrected chi connectivity index (χ2v) is 4.76. The van der Waals surface area contributed by atoms with Crippen molar-refractivity contribution in [2.24, 2.45) is 5.92 Å². The minimum atomic E-state index is 0.701. The van der Waals surface area contributed by atoms with Gasteiger partial charge in [-0.1, -0.05) is 20.3 Å². The molecule has 0 bridgehead atoms. The highest BCUT2D eigenvalue weighted by molar-refractivity contribution is 7.99. The maximum Gasteiger partial charge on any atom is 0.223 e. The molecule has 0 amide bonds. The van der Waals surface area contributed by atoms with Gasteiger partial charge in [-0.05, 0) is 18.4 Å². The van der Waals surface area contributed by atoms with Crippen LogP contribution in [-0.4, -0.2) is 22.8 Å². The van der Waals surface area contributed by atoms with Gasteiger partial charge in [-0.2, -0.15) is 0 Å². The highest BCUT2D eigenvalue weighted by Gasteiger charge is 2.06. The van der Waals surface area contributed by atoms with Crippen LogP contribution in [0.2, 0.25) is 0 Å². The first kappa shape index (κ1) is 12.3. The summed E-state index contributed by atoms with van der Waals surface area (Å²) in [6, 6.07) is 0. The SMILES string of the molecule is CCC(C)CSc1nc(NC)ncc1C. The Kier molecular flexibility index (Phi) is 4.88. The quantitative estimate of drug-likeness (QED) is 0.617. The number of nitrogens with one attached hydrogen (secondary N) is 1. The monoisotopic (exact) mass is 225 g/mol. The molecule has 1 N–H and O–H groups in total. The first-order valence-electron chi connectivity index (χ1n) is 5.31. The Morgan fingerprint density at radius 1 is 1.53 bits per heavy atom. The topological polar surface area (TPSA) is 37.8 Å². The van der Waals surface area contributed by atoms with E-state index >= 15 is 0 Å². The van der Waals surface area contributed by atoms with Gasteiger partial charge in [0.05, 0.1) is 0 Å². The zero-order valence-electron chi connectivity index (χ0n) is 9.87. The van der Waals surface area contributed by atoms with E-state index in [0.717, 1.165) is 22.3 Å². The van der Waals surface area contributed by atoms with Crippen molar-refractivity contribution >= 4 is 17.7 Å². The predicted octanol–water partition coefficient (Wildman–Crippen LogP) is 2.96. The molecule has 1 atom stereocenters. The number of thioether (sulfide) groups is 1. The molecule has 1 rings (SSSR count). The van der Waals surface area contributed by atoms with E-state index in [1.807, 2.05) is 25.0 Å². The number of aryl methyl sites for hydroxylation is 1. The van der Waals surface area contributed by atoms with Gasteiger partial charge in [0.2, 0.25) is 5.95 Å². The molecule has 1 aromatic rings. The van der Waals surface area contributed by atoms with Crippen molar-refractivity contribution in [3.8, 4) is 0 Å². The van der Waals surface area contributed by atoms with E-state index in [2.05, 4.69) is 36.1 Å². The molecule has 1 heterocycles. The van der Waals surface area contributed by atoms with Crippen molar-refractivity contribution in [1.82, 2.24) is 9.97 Å². The van der Waals surface area contributed by atoms with Crippen LogP contribution in [0.1, 0.15) is 25.8 Å². The summed E-state index contributed by atoms with van der Waals surface area (Å²) in [6.45, 7) is 6.54. The number of nitrogens with zero attached hydrogens (tertiary/aromatic N) is 2. The van der Waals surface area contributed by atoms with Gasteiger partial charge in [0.1, 0.15) is 5.03 Å². The minimum absolute atomic E-state index is 0.701. The molecule has 84 valence electrons. The van der Waals surface area contributed by atoms with E-state index in [-0.39, 0.29) is 0 Å². The van der Waals surface area contributed by atoms with Gasteiger partial charge in [-0.25, -0.2) is 9.97 Å². The van der Waals surface area contributed by atoms with E-state index in [4.69, 9.17) is 0 Å². The zero-order chi connectivity index (χ0) is 11.3. The Balaban J connectivity index is 2.66. The van der Waals surface area contributed by atoms with Gasteiger partial charge >= 0.3 is 0 Å².